The number of benzene rings is 1. The van der Waals surface area contributed by atoms with Gasteiger partial charge in [0.25, 0.3) is 5.91 Å². The Morgan fingerprint density at radius 2 is 2.07 bits per heavy atom. The molecule has 0 saturated carbocycles. The number of carbonyl (C=O) groups excluding carboxylic acids is 3. The highest BCUT2D eigenvalue weighted by Crippen LogP contribution is 2.25. The average molecular weight is 399 g/mol. The number of nitrogens with one attached hydrogen (secondary N) is 4. The van der Waals surface area contributed by atoms with Gasteiger partial charge in [-0.1, -0.05) is 13.0 Å². The van der Waals surface area contributed by atoms with E-state index >= 15 is 0 Å². The third kappa shape index (κ3) is 5.48. The lowest BCUT2D eigenvalue weighted by atomic mass is 9.97. The minimum absolute atomic E-state index is 0.176. The highest BCUT2D eigenvalue weighted by Gasteiger charge is 2.22. The zero-order chi connectivity index (χ0) is 21.4. The molecule has 0 spiro atoms. The van der Waals surface area contributed by atoms with Crippen LogP contribution in [0.1, 0.15) is 30.3 Å². The van der Waals surface area contributed by atoms with Gasteiger partial charge < -0.3 is 25.7 Å². The van der Waals surface area contributed by atoms with Gasteiger partial charge in [-0.3, -0.25) is 14.4 Å². The lowest BCUT2D eigenvalue weighted by molar-refractivity contribution is -0.125. The standard InChI is InChI=1S/C20H25N5O4/c1-4-12(19(27)22-2)8-13(10-21)24-18(26)11-23-20(28)16-9-14-15(25-16)6-5-7-17(14)29-3/h5-7,9,12-13,25H,4,8,11H2,1-3H3,(H,22,27)(H,23,28)(H,24,26)/t12-,13-/m0/s1. The van der Waals surface area contributed by atoms with E-state index < -0.39 is 17.9 Å². The summed E-state index contributed by atoms with van der Waals surface area (Å²) in [5, 5.41) is 17.6. The summed E-state index contributed by atoms with van der Waals surface area (Å²) in [5.41, 5.74) is 1.03. The summed E-state index contributed by atoms with van der Waals surface area (Å²) >= 11 is 0. The van der Waals surface area contributed by atoms with Crippen molar-refractivity contribution in [2.24, 2.45) is 5.92 Å². The summed E-state index contributed by atoms with van der Waals surface area (Å²) in [7, 11) is 3.07. The van der Waals surface area contributed by atoms with Gasteiger partial charge in [0.1, 0.15) is 17.5 Å². The van der Waals surface area contributed by atoms with Gasteiger partial charge in [0.15, 0.2) is 0 Å². The number of carbonyl (C=O) groups is 3. The quantitative estimate of drug-likeness (QED) is 0.500. The summed E-state index contributed by atoms with van der Waals surface area (Å²) in [6.07, 6.45) is 0.752. The maximum atomic E-state index is 12.3. The maximum Gasteiger partial charge on any atom is 0.268 e. The van der Waals surface area contributed by atoms with E-state index in [0.29, 0.717) is 17.9 Å². The molecule has 0 fully saturated rings. The van der Waals surface area contributed by atoms with E-state index in [2.05, 4.69) is 20.9 Å². The number of ether oxygens (including phenoxy) is 1. The number of nitrogens with zero attached hydrogens (tertiary/aromatic N) is 1. The van der Waals surface area contributed by atoms with Gasteiger partial charge in [0.2, 0.25) is 11.8 Å². The maximum absolute atomic E-state index is 12.3. The Morgan fingerprint density at radius 1 is 1.31 bits per heavy atom. The van der Waals surface area contributed by atoms with Crippen molar-refractivity contribution in [3.05, 3.63) is 30.0 Å². The fraction of sp³-hybridized carbons (Fsp3) is 0.400. The number of methoxy groups -OCH3 is 1. The van der Waals surface area contributed by atoms with Crippen LogP contribution < -0.4 is 20.7 Å². The molecule has 1 aromatic heterocycles. The Balaban J connectivity index is 1.93. The van der Waals surface area contributed by atoms with Crippen LogP contribution in [0.25, 0.3) is 10.9 Å². The Hall–Kier alpha value is -3.54. The molecular weight excluding hydrogens is 374 g/mol. The first-order chi connectivity index (χ1) is 13.9. The fourth-order valence-electron chi connectivity index (χ4n) is 3.02. The van der Waals surface area contributed by atoms with Gasteiger partial charge in [0.05, 0.1) is 19.7 Å². The number of fused-ring (bicyclic) bond motifs is 1. The van der Waals surface area contributed by atoms with Crippen molar-refractivity contribution in [2.75, 3.05) is 20.7 Å². The highest BCUT2D eigenvalue weighted by atomic mass is 16.5. The molecular formula is C20H25N5O4. The summed E-state index contributed by atoms with van der Waals surface area (Å²) in [5.74, 6) is -0.881. The number of hydrogen-bond donors (Lipinski definition) is 4. The molecule has 2 rings (SSSR count). The van der Waals surface area contributed by atoms with Gasteiger partial charge in [-0.05, 0) is 31.0 Å². The van der Waals surface area contributed by atoms with Crippen molar-refractivity contribution >= 4 is 28.6 Å². The first-order valence-corrected chi connectivity index (χ1v) is 9.27. The van der Waals surface area contributed by atoms with E-state index in [1.807, 2.05) is 19.1 Å². The Labute approximate surface area is 168 Å². The number of nitriles is 1. The Kier molecular flexibility index (Phi) is 7.60. The molecule has 2 aromatic rings. The molecule has 1 aromatic carbocycles. The summed E-state index contributed by atoms with van der Waals surface area (Å²) in [6, 6.07) is 8.21. The van der Waals surface area contributed by atoms with Crippen LogP contribution in [0.15, 0.2) is 24.3 Å². The van der Waals surface area contributed by atoms with Crippen molar-refractivity contribution in [1.29, 1.82) is 5.26 Å². The second-order valence-corrected chi connectivity index (χ2v) is 6.49. The van der Waals surface area contributed by atoms with Crippen LogP contribution in [0.2, 0.25) is 0 Å². The van der Waals surface area contributed by atoms with Gasteiger partial charge in [-0.2, -0.15) is 5.26 Å². The molecule has 154 valence electrons. The Morgan fingerprint density at radius 3 is 2.69 bits per heavy atom. The normalized spacial score (nSPS) is 12.5. The first kappa shape index (κ1) is 21.8. The number of hydrogen-bond acceptors (Lipinski definition) is 5. The smallest absolute Gasteiger partial charge is 0.268 e. The molecule has 2 atom stereocenters. The topological polar surface area (TPSA) is 136 Å². The average Bonchev–Trinajstić information content (AvgIpc) is 3.18. The lowest BCUT2D eigenvalue weighted by Crippen LogP contribution is -2.43. The van der Waals surface area contributed by atoms with Crippen molar-refractivity contribution in [2.45, 2.75) is 25.8 Å². The zero-order valence-corrected chi connectivity index (χ0v) is 16.7. The van der Waals surface area contributed by atoms with Gasteiger partial charge in [-0.15, -0.1) is 0 Å². The molecule has 3 amide bonds. The minimum atomic E-state index is -0.820. The molecule has 0 bridgehead atoms. The number of amides is 3. The van der Waals surface area contributed by atoms with E-state index in [1.54, 1.807) is 25.3 Å². The van der Waals surface area contributed by atoms with Crippen LogP contribution in [0.5, 0.6) is 5.75 Å². The molecule has 0 aliphatic heterocycles. The van der Waals surface area contributed by atoms with Gasteiger partial charge >= 0.3 is 0 Å². The van der Waals surface area contributed by atoms with Crippen LogP contribution in [-0.2, 0) is 9.59 Å². The minimum Gasteiger partial charge on any atom is -0.496 e. The van der Waals surface area contributed by atoms with Crippen LogP contribution in [0.4, 0.5) is 0 Å². The van der Waals surface area contributed by atoms with E-state index in [0.717, 1.165) is 10.9 Å². The monoisotopic (exact) mass is 399 g/mol. The third-order valence-electron chi connectivity index (χ3n) is 4.62. The van der Waals surface area contributed by atoms with Crippen LogP contribution >= 0.6 is 0 Å². The number of rotatable bonds is 9. The number of aromatic amines is 1. The molecule has 1 heterocycles. The number of aromatic nitrogens is 1. The second kappa shape index (κ2) is 10.1. The van der Waals surface area contributed by atoms with E-state index in [-0.39, 0.29) is 24.8 Å². The molecule has 0 saturated heterocycles. The molecule has 4 N–H and O–H groups in total. The molecule has 0 radical (unpaired) electrons. The van der Waals surface area contributed by atoms with E-state index in [4.69, 9.17) is 4.74 Å². The molecule has 29 heavy (non-hydrogen) atoms. The first-order valence-electron chi connectivity index (χ1n) is 9.27. The SMILES string of the molecule is CC[C@@H](C[C@@H](C#N)NC(=O)CNC(=O)c1cc2c(OC)cccc2[nH]1)C(=O)NC. The van der Waals surface area contributed by atoms with E-state index in [9.17, 15) is 19.6 Å². The fourth-order valence-corrected chi connectivity index (χ4v) is 3.02. The predicted molar refractivity (Wildman–Crippen MR) is 107 cm³/mol. The third-order valence-corrected chi connectivity index (χ3v) is 4.62. The largest absolute Gasteiger partial charge is 0.496 e. The second-order valence-electron chi connectivity index (χ2n) is 6.49. The molecule has 0 aliphatic carbocycles. The summed E-state index contributed by atoms with van der Waals surface area (Å²) in [4.78, 5) is 39.2. The predicted octanol–water partition coefficient (Wildman–Crippen LogP) is 1.08. The van der Waals surface area contributed by atoms with Crippen molar-refractivity contribution < 1.29 is 19.1 Å². The van der Waals surface area contributed by atoms with Crippen LogP contribution in [0, 0.1) is 17.2 Å². The Bertz CT molecular complexity index is 931. The van der Waals surface area contributed by atoms with E-state index in [1.165, 1.54) is 7.05 Å². The molecule has 9 nitrogen and oxygen atoms in total. The summed E-state index contributed by atoms with van der Waals surface area (Å²) in [6.45, 7) is 1.55. The zero-order valence-electron chi connectivity index (χ0n) is 16.7. The van der Waals surface area contributed by atoms with Gasteiger partial charge in [-0.25, -0.2) is 0 Å². The molecule has 0 aliphatic rings. The molecule has 9 heteroatoms. The summed E-state index contributed by atoms with van der Waals surface area (Å²) < 4.78 is 5.27. The van der Waals surface area contributed by atoms with Crippen LogP contribution in [-0.4, -0.2) is 49.4 Å². The van der Waals surface area contributed by atoms with Gasteiger partial charge in [0, 0.05) is 23.9 Å². The van der Waals surface area contributed by atoms with Crippen molar-refractivity contribution in [3.8, 4) is 11.8 Å². The molecule has 0 unspecified atom stereocenters. The van der Waals surface area contributed by atoms with Crippen molar-refractivity contribution in [1.82, 2.24) is 20.9 Å². The van der Waals surface area contributed by atoms with Crippen LogP contribution in [0.3, 0.4) is 0 Å². The lowest BCUT2D eigenvalue weighted by Gasteiger charge is -2.18. The van der Waals surface area contributed by atoms with Crippen molar-refractivity contribution in [3.63, 3.8) is 0 Å². The highest BCUT2D eigenvalue weighted by molar-refractivity contribution is 6.00. The number of H-pyrrole nitrogens is 1.